The Kier molecular flexibility index (Phi) is 4.79. The Bertz CT molecular complexity index is 861. The first-order valence-electron chi connectivity index (χ1n) is 8.23. The molecular formula is C19H19FN2O4. The van der Waals surface area contributed by atoms with Crippen LogP contribution in [0.25, 0.3) is 0 Å². The summed E-state index contributed by atoms with van der Waals surface area (Å²) in [7, 11) is 0. The van der Waals surface area contributed by atoms with Gasteiger partial charge in [-0.2, -0.15) is 0 Å². The lowest BCUT2D eigenvalue weighted by Crippen LogP contribution is -2.49. The number of piperazine rings is 1. The SMILES string of the molecule is CC(=O)c1ccc(N2CCN(C(=O)c3ccc(O)c(O)c3)CC2)c(F)c1. The number of Topliss-reactive ketones (excluding diaryl/α,β-unsaturated/α-hetero) is 1. The van der Waals surface area contributed by atoms with Gasteiger partial charge >= 0.3 is 0 Å². The van der Waals surface area contributed by atoms with E-state index < -0.39 is 5.82 Å². The Morgan fingerprint density at radius 3 is 2.15 bits per heavy atom. The molecule has 0 spiro atoms. The second kappa shape index (κ2) is 7.03. The number of benzene rings is 2. The first kappa shape index (κ1) is 17.7. The van der Waals surface area contributed by atoms with Gasteiger partial charge in [-0.25, -0.2) is 4.39 Å². The Hall–Kier alpha value is -3.09. The maximum absolute atomic E-state index is 14.3. The fourth-order valence-electron chi connectivity index (χ4n) is 2.97. The van der Waals surface area contributed by atoms with Crippen molar-refractivity contribution < 1.29 is 24.2 Å². The summed E-state index contributed by atoms with van der Waals surface area (Å²) in [6, 6.07) is 8.35. The summed E-state index contributed by atoms with van der Waals surface area (Å²) in [5.74, 6) is -1.53. The van der Waals surface area contributed by atoms with Crippen molar-refractivity contribution in [3.63, 3.8) is 0 Å². The van der Waals surface area contributed by atoms with Gasteiger partial charge in [0.1, 0.15) is 5.82 Å². The molecule has 0 saturated carbocycles. The van der Waals surface area contributed by atoms with E-state index in [1.54, 1.807) is 17.0 Å². The van der Waals surface area contributed by atoms with Crippen molar-refractivity contribution in [1.82, 2.24) is 4.90 Å². The van der Waals surface area contributed by atoms with Gasteiger partial charge in [0.25, 0.3) is 5.91 Å². The number of aromatic hydroxyl groups is 2. The Morgan fingerprint density at radius 1 is 0.923 bits per heavy atom. The van der Waals surface area contributed by atoms with Crippen LogP contribution in [0.1, 0.15) is 27.6 Å². The van der Waals surface area contributed by atoms with Crippen molar-refractivity contribution in [2.24, 2.45) is 0 Å². The molecule has 2 aromatic carbocycles. The third kappa shape index (κ3) is 3.46. The maximum Gasteiger partial charge on any atom is 0.254 e. The van der Waals surface area contributed by atoms with Gasteiger partial charge in [-0.3, -0.25) is 9.59 Å². The quantitative estimate of drug-likeness (QED) is 0.650. The van der Waals surface area contributed by atoms with Crippen LogP contribution in [-0.4, -0.2) is 53.0 Å². The zero-order valence-electron chi connectivity index (χ0n) is 14.3. The van der Waals surface area contributed by atoms with E-state index in [0.717, 1.165) is 0 Å². The molecule has 0 aromatic heterocycles. The Balaban J connectivity index is 1.68. The van der Waals surface area contributed by atoms with E-state index in [0.29, 0.717) is 37.4 Å². The molecule has 7 heteroatoms. The highest BCUT2D eigenvalue weighted by molar-refractivity contribution is 5.95. The first-order valence-corrected chi connectivity index (χ1v) is 8.23. The van der Waals surface area contributed by atoms with Crippen LogP contribution in [0.4, 0.5) is 10.1 Å². The molecule has 0 atom stereocenters. The lowest BCUT2D eigenvalue weighted by molar-refractivity contribution is 0.0746. The van der Waals surface area contributed by atoms with Gasteiger partial charge in [-0.05, 0) is 43.3 Å². The predicted octanol–water partition coefficient (Wildman–Crippen LogP) is 2.40. The third-order valence-electron chi connectivity index (χ3n) is 4.48. The minimum absolute atomic E-state index is 0.192. The van der Waals surface area contributed by atoms with Gasteiger partial charge < -0.3 is 20.0 Å². The Labute approximate surface area is 150 Å². The van der Waals surface area contributed by atoms with E-state index in [4.69, 9.17) is 0 Å². The van der Waals surface area contributed by atoms with Gasteiger partial charge in [0.05, 0.1) is 5.69 Å². The van der Waals surface area contributed by atoms with Crippen molar-refractivity contribution in [3.8, 4) is 11.5 Å². The van der Waals surface area contributed by atoms with Crippen LogP contribution in [0.3, 0.4) is 0 Å². The van der Waals surface area contributed by atoms with Crippen LogP contribution in [0, 0.1) is 5.82 Å². The lowest BCUT2D eigenvalue weighted by Gasteiger charge is -2.36. The van der Waals surface area contributed by atoms with Crippen molar-refractivity contribution in [3.05, 3.63) is 53.3 Å². The summed E-state index contributed by atoms with van der Waals surface area (Å²) in [6.45, 7) is 3.08. The molecule has 6 nitrogen and oxygen atoms in total. The van der Waals surface area contributed by atoms with Gasteiger partial charge in [0.15, 0.2) is 17.3 Å². The van der Waals surface area contributed by atoms with Gasteiger partial charge in [-0.1, -0.05) is 0 Å². The van der Waals surface area contributed by atoms with Crippen LogP contribution >= 0.6 is 0 Å². The highest BCUT2D eigenvalue weighted by Gasteiger charge is 2.24. The van der Waals surface area contributed by atoms with E-state index in [2.05, 4.69) is 0 Å². The summed E-state index contributed by atoms with van der Waals surface area (Å²) < 4.78 is 14.3. The number of phenols is 2. The summed E-state index contributed by atoms with van der Waals surface area (Å²) in [4.78, 5) is 27.3. The van der Waals surface area contributed by atoms with Crippen LogP contribution in [0.2, 0.25) is 0 Å². The molecule has 136 valence electrons. The molecule has 1 fully saturated rings. The predicted molar refractivity (Wildman–Crippen MR) is 94.3 cm³/mol. The smallest absolute Gasteiger partial charge is 0.254 e. The second-order valence-electron chi connectivity index (χ2n) is 6.21. The normalized spacial score (nSPS) is 14.4. The number of carbonyl (C=O) groups is 2. The molecule has 3 rings (SSSR count). The number of rotatable bonds is 3. The summed E-state index contributed by atoms with van der Waals surface area (Å²) in [5.41, 5.74) is 1.02. The molecule has 0 aliphatic carbocycles. The molecule has 2 aromatic rings. The van der Waals surface area contributed by atoms with E-state index in [9.17, 15) is 24.2 Å². The molecule has 26 heavy (non-hydrogen) atoms. The number of nitrogens with zero attached hydrogens (tertiary/aromatic N) is 2. The monoisotopic (exact) mass is 358 g/mol. The minimum atomic E-state index is -0.457. The molecule has 1 heterocycles. The molecular weight excluding hydrogens is 339 g/mol. The molecule has 0 bridgehead atoms. The number of amides is 1. The standard InChI is InChI=1S/C19H19FN2O4/c1-12(23)13-2-4-16(15(20)10-13)21-6-8-22(9-7-21)19(26)14-3-5-17(24)18(25)11-14/h2-5,10-11,24-25H,6-9H2,1H3. The molecule has 1 amide bonds. The van der Waals surface area contributed by atoms with Crippen molar-refractivity contribution in [1.29, 1.82) is 0 Å². The van der Waals surface area contributed by atoms with E-state index in [1.807, 2.05) is 4.90 Å². The molecule has 1 saturated heterocycles. The minimum Gasteiger partial charge on any atom is -0.504 e. The molecule has 1 aliphatic heterocycles. The highest BCUT2D eigenvalue weighted by Crippen LogP contribution is 2.26. The van der Waals surface area contributed by atoms with E-state index in [-0.39, 0.29) is 28.8 Å². The number of hydrogen-bond acceptors (Lipinski definition) is 5. The average Bonchev–Trinajstić information content (AvgIpc) is 2.63. The van der Waals surface area contributed by atoms with Crippen molar-refractivity contribution in [2.75, 3.05) is 31.1 Å². The second-order valence-corrected chi connectivity index (χ2v) is 6.21. The first-order chi connectivity index (χ1) is 12.4. The number of phenolic OH excluding ortho intramolecular Hbond substituents is 2. The summed E-state index contributed by atoms with van der Waals surface area (Å²) in [6.07, 6.45) is 0. The largest absolute Gasteiger partial charge is 0.504 e. The Morgan fingerprint density at radius 2 is 1.58 bits per heavy atom. The zero-order valence-corrected chi connectivity index (χ0v) is 14.3. The maximum atomic E-state index is 14.3. The molecule has 0 unspecified atom stereocenters. The average molecular weight is 358 g/mol. The fourth-order valence-corrected chi connectivity index (χ4v) is 2.97. The van der Waals surface area contributed by atoms with Crippen LogP contribution in [0.15, 0.2) is 36.4 Å². The van der Waals surface area contributed by atoms with Gasteiger partial charge in [0.2, 0.25) is 0 Å². The summed E-state index contributed by atoms with van der Waals surface area (Å²) >= 11 is 0. The molecule has 0 radical (unpaired) electrons. The topological polar surface area (TPSA) is 81.1 Å². The van der Waals surface area contributed by atoms with Crippen LogP contribution in [-0.2, 0) is 0 Å². The van der Waals surface area contributed by atoms with Gasteiger partial charge in [-0.15, -0.1) is 0 Å². The molecule has 1 aliphatic rings. The van der Waals surface area contributed by atoms with E-state index in [1.165, 1.54) is 31.2 Å². The number of halogens is 1. The van der Waals surface area contributed by atoms with Gasteiger partial charge in [0, 0.05) is 37.3 Å². The summed E-state index contributed by atoms with van der Waals surface area (Å²) in [5, 5.41) is 18.9. The van der Waals surface area contributed by atoms with Crippen molar-refractivity contribution in [2.45, 2.75) is 6.92 Å². The zero-order chi connectivity index (χ0) is 18.8. The number of anilines is 1. The fraction of sp³-hybridized carbons (Fsp3) is 0.263. The van der Waals surface area contributed by atoms with Crippen LogP contribution < -0.4 is 4.90 Å². The highest BCUT2D eigenvalue weighted by atomic mass is 19.1. The van der Waals surface area contributed by atoms with Crippen molar-refractivity contribution >= 4 is 17.4 Å². The van der Waals surface area contributed by atoms with Crippen LogP contribution in [0.5, 0.6) is 11.5 Å². The lowest BCUT2D eigenvalue weighted by atomic mass is 10.1. The third-order valence-corrected chi connectivity index (χ3v) is 4.48. The number of carbonyl (C=O) groups excluding carboxylic acids is 2. The number of ketones is 1. The number of hydrogen-bond donors (Lipinski definition) is 2. The molecule has 2 N–H and O–H groups in total. The van der Waals surface area contributed by atoms with E-state index >= 15 is 0 Å².